The summed E-state index contributed by atoms with van der Waals surface area (Å²) in [6.45, 7) is 6.17. The minimum atomic E-state index is -0.374. The number of nitrogens with one attached hydrogen (secondary N) is 2. The third kappa shape index (κ3) is 6.54. The molecule has 2 N–H and O–H groups in total. The van der Waals surface area contributed by atoms with Crippen molar-refractivity contribution in [2.24, 2.45) is 0 Å². The molecular weight excluding hydrogens is 392 g/mol. The Morgan fingerprint density at radius 1 is 1.14 bits per heavy atom. The number of hydrogen-bond donors (Lipinski definition) is 2. The van der Waals surface area contributed by atoms with E-state index in [9.17, 15) is 9.59 Å². The van der Waals surface area contributed by atoms with Crippen LogP contribution in [0.4, 0.5) is 5.69 Å². The van der Waals surface area contributed by atoms with Gasteiger partial charge < -0.3 is 20.1 Å². The summed E-state index contributed by atoms with van der Waals surface area (Å²) in [5.74, 6) is 0.617. The highest BCUT2D eigenvalue weighted by atomic mass is 35.5. The van der Waals surface area contributed by atoms with Crippen molar-refractivity contribution in [3.63, 3.8) is 0 Å². The van der Waals surface area contributed by atoms with Crippen molar-refractivity contribution in [1.82, 2.24) is 5.32 Å². The van der Waals surface area contributed by atoms with Gasteiger partial charge in [0.15, 0.2) is 11.5 Å². The zero-order chi connectivity index (χ0) is 21.4. The van der Waals surface area contributed by atoms with Crippen LogP contribution >= 0.6 is 11.6 Å². The van der Waals surface area contributed by atoms with Crippen LogP contribution in [0.25, 0.3) is 6.08 Å². The van der Waals surface area contributed by atoms with E-state index in [1.165, 1.54) is 6.08 Å². The Morgan fingerprint density at radius 2 is 1.90 bits per heavy atom. The van der Waals surface area contributed by atoms with Crippen molar-refractivity contribution < 1.29 is 19.1 Å². The fraction of sp³-hybridized carbons (Fsp3) is 0.273. The van der Waals surface area contributed by atoms with Crippen molar-refractivity contribution in [1.29, 1.82) is 0 Å². The summed E-state index contributed by atoms with van der Waals surface area (Å²) in [6, 6.07) is 10.1. The smallest absolute Gasteiger partial charge is 0.251 e. The third-order valence-corrected chi connectivity index (χ3v) is 4.15. The standard InChI is InChI=1S/C22H25ClN2O4/c1-5-29-19-10-6-15(12-20(19)28-4)7-11-21(26)25-18-13-16(8-9-17(18)23)22(27)24-14(2)3/h6-14H,5H2,1-4H3,(H,24,27)(H,25,26)/b11-7+. The Kier molecular flexibility index (Phi) is 8.09. The van der Waals surface area contributed by atoms with Gasteiger partial charge in [0, 0.05) is 17.7 Å². The summed E-state index contributed by atoms with van der Waals surface area (Å²) < 4.78 is 10.8. The maximum absolute atomic E-state index is 12.3. The van der Waals surface area contributed by atoms with Crippen molar-refractivity contribution >= 4 is 35.2 Å². The van der Waals surface area contributed by atoms with Crippen LogP contribution in [0.1, 0.15) is 36.7 Å². The highest BCUT2D eigenvalue weighted by Gasteiger charge is 2.11. The molecule has 154 valence electrons. The normalized spacial score (nSPS) is 10.8. The van der Waals surface area contributed by atoms with Gasteiger partial charge in [-0.1, -0.05) is 17.7 Å². The molecule has 0 radical (unpaired) electrons. The molecule has 0 aromatic heterocycles. The number of amides is 2. The largest absolute Gasteiger partial charge is 0.493 e. The van der Waals surface area contributed by atoms with Crippen LogP contribution in [-0.2, 0) is 4.79 Å². The minimum Gasteiger partial charge on any atom is -0.493 e. The third-order valence-electron chi connectivity index (χ3n) is 3.82. The lowest BCUT2D eigenvalue weighted by Crippen LogP contribution is -2.30. The van der Waals surface area contributed by atoms with Gasteiger partial charge in [-0.3, -0.25) is 9.59 Å². The van der Waals surface area contributed by atoms with E-state index in [0.717, 1.165) is 5.56 Å². The van der Waals surface area contributed by atoms with Crippen LogP contribution in [0.3, 0.4) is 0 Å². The fourth-order valence-corrected chi connectivity index (χ4v) is 2.68. The predicted octanol–water partition coefficient (Wildman–Crippen LogP) is 4.54. The molecule has 0 bridgehead atoms. The van der Waals surface area contributed by atoms with E-state index in [1.54, 1.807) is 43.5 Å². The lowest BCUT2D eigenvalue weighted by Gasteiger charge is -2.11. The predicted molar refractivity (Wildman–Crippen MR) is 116 cm³/mol. The van der Waals surface area contributed by atoms with E-state index < -0.39 is 0 Å². The topological polar surface area (TPSA) is 76.7 Å². The van der Waals surface area contributed by atoms with E-state index in [4.69, 9.17) is 21.1 Å². The van der Waals surface area contributed by atoms with Gasteiger partial charge in [0.05, 0.1) is 24.4 Å². The van der Waals surface area contributed by atoms with Crippen molar-refractivity contribution in [3.05, 3.63) is 58.6 Å². The lowest BCUT2D eigenvalue weighted by molar-refractivity contribution is -0.111. The van der Waals surface area contributed by atoms with Crippen LogP contribution in [-0.4, -0.2) is 31.6 Å². The molecule has 2 rings (SSSR count). The number of anilines is 1. The zero-order valence-electron chi connectivity index (χ0n) is 16.9. The Morgan fingerprint density at radius 3 is 2.55 bits per heavy atom. The SMILES string of the molecule is CCOc1ccc(/C=C/C(=O)Nc2cc(C(=O)NC(C)C)ccc2Cl)cc1OC. The van der Waals surface area contributed by atoms with Crippen LogP contribution in [0.5, 0.6) is 11.5 Å². The molecule has 0 aliphatic rings. The van der Waals surface area contributed by atoms with Gasteiger partial charge in [0.1, 0.15) is 0 Å². The van der Waals surface area contributed by atoms with Gasteiger partial charge in [-0.15, -0.1) is 0 Å². The van der Waals surface area contributed by atoms with Gasteiger partial charge in [0.2, 0.25) is 5.91 Å². The Bertz CT molecular complexity index is 910. The van der Waals surface area contributed by atoms with Crippen LogP contribution in [0, 0.1) is 0 Å². The van der Waals surface area contributed by atoms with Gasteiger partial charge in [-0.25, -0.2) is 0 Å². The molecule has 0 spiro atoms. The van der Waals surface area contributed by atoms with Gasteiger partial charge >= 0.3 is 0 Å². The Hall–Kier alpha value is -2.99. The average Bonchev–Trinajstić information content (AvgIpc) is 2.68. The highest BCUT2D eigenvalue weighted by molar-refractivity contribution is 6.34. The molecular formula is C22H25ClN2O4. The molecule has 2 amide bonds. The zero-order valence-corrected chi connectivity index (χ0v) is 17.7. The molecule has 0 unspecified atom stereocenters. The van der Waals surface area contributed by atoms with Crippen LogP contribution < -0.4 is 20.1 Å². The fourth-order valence-electron chi connectivity index (χ4n) is 2.52. The summed E-state index contributed by atoms with van der Waals surface area (Å²) in [5.41, 5.74) is 1.55. The molecule has 6 nitrogen and oxygen atoms in total. The van der Waals surface area contributed by atoms with E-state index in [2.05, 4.69) is 10.6 Å². The number of carbonyl (C=O) groups excluding carboxylic acids is 2. The first kappa shape index (κ1) is 22.3. The highest BCUT2D eigenvalue weighted by Crippen LogP contribution is 2.28. The summed E-state index contributed by atoms with van der Waals surface area (Å²) in [7, 11) is 1.56. The Balaban J connectivity index is 2.11. The van der Waals surface area contributed by atoms with E-state index in [1.807, 2.05) is 26.8 Å². The maximum atomic E-state index is 12.3. The van der Waals surface area contributed by atoms with Crippen LogP contribution in [0.2, 0.25) is 5.02 Å². The molecule has 0 heterocycles. The molecule has 2 aromatic rings. The number of rotatable bonds is 8. The van der Waals surface area contributed by atoms with Crippen LogP contribution in [0.15, 0.2) is 42.5 Å². The summed E-state index contributed by atoms with van der Waals surface area (Å²) in [6.07, 6.45) is 3.03. The average molecular weight is 417 g/mol. The molecule has 0 saturated carbocycles. The first-order valence-corrected chi connectivity index (χ1v) is 9.62. The number of ether oxygens (including phenoxy) is 2. The van der Waals surface area contributed by atoms with Crippen molar-refractivity contribution in [2.75, 3.05) is 19.0 Å². The summed E-state index contributed by atoms with van der Waals surface area (Å²) in [4.78, 5) is 24.5. The molecule has 0 aliphatic heterocycles. The summed E-state index contributed by atoms with van der Waals surface area (Å²) >= 11 is 6.15. The number of halogens is 1. The molecule has 0 aliphatic carbocycles. The second-order valence-corrected chi connectivity index (χ2v) is 6.90. The molecule has 0 saturated heterocycles. The van der Waals surface area contributed by atoms with E-state index in [-0.39, 0.29) is 17.9 Å². The van der Waals surface area contributed by atoms with E-state index >= 15 is 0 Å². The summed E-state index contributed by atoms with van der Waals surface area (Å²) in [5, 5.41) is 5.84. The van der Waals surface area contributed by atoms with Gasteiger partial charge in [0.25, 0.3) is 5.91 Å². The second-order valence-electron chi connectivity index (χ2n) is 6.49. The number of benzene rings is 2. The maximum Gasteiger partial charge on any atom is 0.251 e. The molecule has 0 atom stereocenters. The quantitative estimate of drug-likeness (QED) is 0.619. The number of carbonyl (C=O) groups is 2. The second kappa shape index (κ2) is 10.5. The van der Waals surface area contributed by atoms with Crippen molar-refractivity contribution in [3.8, 4) is 11.5 Å². The first-order chi connectivity index (χ1) is 13.8. The van der Waals surface area contributed by atoms with Gasteiger partial charge in [-0.2, -0.15) is 0 Å². The van der Waals surface area contributed by atoms with Gasteiger partial charge in [-0.05, 0) is 62.7 Å². The van der Waals surface area contributed by atoms with E-state index in [0.29, 0.717) is 34.4 Å². The molecule has 0 fully saturated rings. The minimum absolute atomic E-state index is 0.00487. The number of methoxy groups -OCH3 is 1. The molecule has 2 aromatic carbocycles. The molecule has 7 heteroatoms. The monoisotopic (exact) mass is 416 g/mol. The number of hydrogen-bond acceptors (Lipinski definition) is 4. The lowest BCUT2D eigenvalue weighted by atomic mass is 10.1. The molecule has 29 heavy (non-hydrogen) atoms. The van der Waals surface area contributed by atoms with Crippen molar-refractivity contribution in [2.45, 2.75) is 26.8 Å². The first-order valence-electron chi connectivity index (χ1n) is 9.24. The Labute approximate surface area is 175 Å².